The smallest absolute Gasteiger partial charge is 0.302 e. The van der Waals surface area contributed by atoms with Crippen LogP contribution in [0.2, 0.25) is 0 Å². The molecule has 2 fully saturated rings. The van der Waals surface area contributed by atoms with E-state index < -0.39 is 11.9 Å². The number of aryl methyl sites for hydroxylation is 1. The summed E-state index contributed by atoms with van der Waals surface area (Å²) in [7, 11) is 0. The van der Waals surface area contributed by atoms with Gasteiger partial charge in [0.05, 0.1) is 0 Å². The lowest BCUT2D eigenvalue weighted by molar-refractivity contribution is -0.141. The molecule has 5 nitrogen and oxygen atoms in total. The summed E-state index contributed by atoms with van der Waals surface area (Å²) >= 11 is 1.06. The van der Waals surface area contributed by atoms with Gasteiger partial charge in [0.2, 0.25) is 0 Å². The van der Waals surface area contributed by atoms with E-state index in [-0.39, 0.29) is 10.9 Å². The minimum Gasteiger partial charge on any atom is -0.302 e. The molecule has 23 heavy (non-hydrogen) atoms. The summed E-state index contributed by atoms with van der Waals surface area (Å²) in [5, 5.41) is 9.07. The van der Waals surface area contributed by atoms with Crippen LogP contribution in [-0.2, 0) is 6.18 Å². The molecule has 2 aliphatic rings. The Morgan fingerprint density at radius 2 is 1.87 bits per heavy atom. The second kappa shape index (κ2) is 5.19. The molecule has 2 heterocycles. The maximum absolute atomic E-state index is 12.9. The van der Waals surface area contributed by atoms with E-state index in [9.17, 15) is 13.2 Å². The summed E-state index contributed by atoms with van der Waals surface area (Å²) in [6.45, 7) is 1.53. The standard InChI is InChI=1S/C14H14F3N5S/c1-7-6-10(14(15,16)17)19-12(18-7)23-13-21-20-11(8-2-3-8)22(13)9-4-5-9/h6,8-9H,2-5H2,1H3. The molecule has 0 amide bonds. The van der Waals surface area contributed by atoms with E-state index in [4.69, 9.17) is 0 Å². The second-order valence-corrected chi connectivity index (χ2v) is 6.93. The molecule has 122 valence electrons. The van der Waals surface area contributed by atoms with E-state index in [0.29, 0.717) is 17.1 Å². The zero-order chi connectivity index (χ0) is 16.2. The Labute approximate surface area is 134 Å². The third-order valence-electron chi connectivity index (χ3n) is 3.85. The van der Waals surface area contributed by atoms with Crippen LogP contribution in [0.5, 0.6) is 0 Å². The van der Waals surface area contributed by atoms with Crippen molar-refractivity contribution < 1.29 is 13.2 Å². The van der Waals surface area contributed by atoms with Gasteiger partial charge < -0.3 is 4.57 Å². The van der Waals surface area contributed by atoms with Gasteiger partial charge >= 0.3 is 6.18 Å². The first-order valence-electron chi connectivity index (χ1n) is 7.47. The van der Waals surface area contributed by atoms with Crippen LogP contribution in [0.1, 0.15) is 54.9 Å². The zero-order valence-corrected chi connectivity index (χ0v) is 13.2. The lowest BCUT2D eigenvalue weighted by atomic mass is 10.3. The van der Waals surface area contributed by atoms with E-state index >= 15 is 0 Å². The fraction of sp³-hybridized carbons (Fsp3) is 0.571. The highest BCUT2D eigenvalue weighted by atomic mass is 32.2. The first-order chi connectivity index (χ1) is 10.9. The minimum absolute atomic E-state index is 0.0639. The normalized spacial score (nSPS) is 18.4. The summed E-state index contributed by atoms with van der Waals surface area (Å²) in [4.78, 5) is 7.74. The van der Waals surface area contributed by atoms with Gasteiger partial charge in [-0.25, -0.2) is 9.97 Å². The molecular weight excluding hydrogens is 327 g/mol. The fourth-order valence-corrected chi connectivity index (χ4v) is 3.39. The molecule has 2 saturated carbocycles. The summed E-state index contributed by atoms with van der Waals surface area (Å²) in [6.07, 6.45) is -0.142. The van der Waals surface area contributed by atoms with Crippen molar-refractivity contribution in [1.29, 1.82) is 0 Å². The van der Waals surface area contributed by atoms with Crippen molar-refractivity contribution in [1.82, 2.24) is 24.7 Å². The third-order valence-corrected chi connectivity index (χ3v) is 4.68. The minimum atomic E-state index is -4.48. The molecule has 0 N–H and O–H groups in total. The monoisotopic (exact) mass is 341 g/mol. The van der Waals surface area contributed by atoms with E-state index in [1.807, 2.05) is 0 Å². The summed E-state index contributed by atoms with van der Waals surface area (Å²) in [5.41, 5.74) is -0.637. The van der Waals surface area contributed by atoms with Crippen LogP contribution in [0, 0.1) is 6.92 Å². The van der Waals surface area contributed by atoms with Gasteiger partial charge in [-0.3, -0.25) is 0 Å². The molecule has 0 bridgehead atoms. The average molecular weight is 341 g/mol. The molecule has 0 aromatic carbocycles. The van der Waals surface area contributed by atoms with Crippen LogP contribution in [0.3, 0.4) is 0 Å². The molecule has 2 aromatic rings. The first-order valence-corrected chi connectivity index (χ1v) is 8.29. The SMILES string of the molecule is Cc1cc(C(F)(F)F)nc(Sc2nnc(C3CC3)n2C2CC2)n1. The molecular formula is C14H14F3N5S. The van der Waals surface area contributed by atoms with Gasteiger partial charge in [-0.2, -0.15) is 13.2 Å². The molecule has 9 heteroatoms. The lowest BCUT2D eigenvalue weighted by Gasteiger charge is -2.10. The maximum Gasteiger partial charge on any atom is 0.433 e. The van der Waals surface area contributed by atoms with Gasteiger partial charge in [-0.05, 0) is 50.4 Å². The molecule has 2 aromatic heterocycles. The van der Waals surface area contributed by atoms with Crippen LogP contribution >= 0.6 is 11.8 Å². The molecule has 4 rings (SSSR count). The number of alkyl halides is 3. The lowest BCUT2D eigenvalue weighted by Crippen LogP contribution is -2.10. The quantitative estimate of drug-likeness (QED) is 0.793. The van der Waals surface area contributed by atoms with E-state index in [1.54, 1.807) is 0 Å². The van der Waals surface area contributed by atoms with Crippen molar-refractivity contribution in [3.8, 4) is 0 Å². The number of nitrogens with zero attached hydrogens (tertiary/aromatic N) is 5. The maximum atomic E-state index is 12.9. The molecule has 0 saturated heterocycles. The van der Waals surface area contributed by atoms with Crippen molar-refractivity contribution in [3.05, 3.63) is 23.3 Å². The predicted octanol–water partition coefficient (Wildman–Crippen LogP) is 3.76. The van der Waals surface area contributed by atoms with Crippen molar-refractivity contribution >= 4 is 11.8 Å². The van der Waals surface area contributed by atoms with Gasteiger partial charge in [0.25, 0.3) is 0 Å². The van der Waals surface area contributed by atoms with Crippen molar-refractivity contribution in [3.63, 3.8) is 0 Å². The zero-order valence-electron chi connectivity index (χ0n) is 12.3. The fourth-order valence-electron chi connectivity index (χ4n) is 2.47. The predicted molar refractivity (Wildman–Crippen MR) is 76.2 cm³/mol. The van der Waals surface area contributed by atoms with Crippen molar-refractivity contribution in [2.24, 2.45) is 0 Å². The average Bonchev–Trinajstić information content (AvgIpc) is 3.37. The molecule has 0 radical (unpaired) electrons. The number of aromatic nitrogens is 5. The Kier molecular flexibility index (Phi) is 3.36. The Hall–Kier alpha value is -1.64. The molecule has 0 unspecified atom stereocenters. The van der Waals surface area contributed by atoms with E-state index in [2.05, 4.69) is 24.7 Å². The number of halogens is 3. The number of hydrogen-bond donors (Lipinski definition) is 0. The van der Waals surface area contributed by atoms with Gasteiger partial charge in [0.1, 0.15) is 11.5 Å². The van der Waals surface area contributed by atoms with Gasteiger partial charge in [0.15, 0.2) is 10.3 Å². The topological polar surface area (TPSA) is 56.5 Å². The largest absolute Gasteiger partial charge is 0.433 e. The molecule has 0 aliphatic heterocycles. The summed E-state index contributed by atoms with van der Waals surface area (Å²) in [6, 6.07) is 1.32. The Bertz CT molecular complexity index is 749. The van der Waals surface area contributed by atoms with Crippen LogP contribution in [0.25, 0.3) is 0 Å². The number of rotatable bonds is 4. The second-order valence-electron chi connectivity index (χ2n) is 5.99. The summed E-state index contributed by atoms with van der Waals surface area (Å²) in [5.74, 6) is 1.40. The van der Waals surface area contributed by atoms with Gasteiger partial charge in [-0.15, -0.1) is 10.2 Å². The van der Waals surface area contributed by atoms with Crippen molar-refractivity contribution in [2.75, 3.05) is 0 Å². The Balaban J connectivity index is 1.67. The van der Waals surface area contributed by atoms with Crippen LogP contribution in [-0.4, -0.2) is 24.7 Å². The van der Waals surface area contributed by atoms with E-state index in [0.717, 1.165) is 49.3 Å². The first kappa shape index (κ1) is 14.9. The van der Waals surface area contributed by atoms with Gasteiger partial charge in [0, 0.05) is 17.7 Å². The van der Waals surface area contributed by atoms with Crippen LogP contribution < -0.4 is 0 Å². The van der Waals surface area contributed by atoms with Crippen LogP contribution in [0.4, 0.5) is 13.2 Å². The highest BCUT2D eigenvalue weighted by molar-refractivity contribution is 7.99. The molecule has 0 spiro atoms. The summed E-state index contributed by atoms with van der Waals surface area (Å²) < 4.78 is 40.7. The Morgan fingerprint density at radius 3 is 2.48 bits per heavy atom. The molecule has 2 aliphatic carbocycles. The van der Waals surface area contributed by atoms with Crippen molar-refractivity contribution in [2.45, 2.75) is 61.1 Å². The third kappa shape index (κ3) is 3.06. The van der Waals surface area contributed by atoms with Gasteiger partial charge in [-0.1, -0.05) is 0 Å². The van der Waals surface area contributed by atoms with Crippen LogP contribution in [0.15, 0.2) is 16.4 Å². The Morgan fingerprint density at radius 1 is 1.13 bits per heavy atom. The molecule has 0 atom stereocenters. The van der Waals surface area contributed by atoms with E-state index in [1.165, 1.54) is 6.92 Å². The highest BCUT2D eigenvalue weighted by Crippen LogP contribution is 2.46. The number of hydrogen-bond acceptors (Lipinski definition) is 5. The highest BCUT2D eigenvalue weighted by Gasteiger charge is 2.37.